The van der Waals surface area contributed by atoms with Crippen molar-refractivity contribution in [2.75, 3.05) is 6.61 Å². The Morgan fingerprint density at radius 3 is 2.39 bits per heavy atom. The summed E-state index contributed by atoms with van der Waals surface area (Å²) in [5, 5.41) is 30.3. The average Bonchev–Trinajstić information content (AvgIpc) is 2.66. The van der Waals surface area contributed by atoms with E-state index in [1.54, 1.807) is 18.2 Å². The van der Waals surface area contributed by atoms with Crippen LogP contribution in [-0.2, 0) is 11.3 Å². The van der Waals surface area contributed by atoms with Crippen molar-refractivity contribution in [2.24, 2.45) is 0 Å². The standard InChI is InChI=1S/C24H30O4/c1-17(12-22(25)16-28-15-20-9-5-4-6-10-20)8-7-11-23(26)21-13-18(2)24(27)19(3)14-21/h4-7,9-10,13-14,22-23,25-27H,11-12,15-16H2,1-3H3/t8?,22-,23-/m1/s1. The monoisotopic (exact) mass is 382 g/mol. The molecule has 150 valence electrons. The summed E-state index contributed by atoms with van der Waals surface area (Å²) in [5.74, 6) is 0.269. The smallest absolute Gasteiger partial charge is 0.121 e. The molecule has 4 nitrogen and oxygen atoms in total. The van der Waals surface area contributed by atoms with Gasteiger partial charge in [-0.2, -0.15) is 0 Å². The van der Waals surface area contributed by atoms with Gasteiger partial charge in [0.1, 0.15) is 5.75 Å². The highest BCUT2D eigenvalue weighted by Gasteiger charge is 2.10. The summed E-state index contributed by atoms with van der Waals surface area (Å²) < 4.78 is 5.55. The van der Waals surface area contributed by atoms with Crippen LogP contribution in [0.3, 0.4) is 0 Å². The molecule has 2 rings (SSSR count). The number of aliphatic hydroxyl groups is 2. The molecular weight excluding hydrogens is 352 g/mol. The van der Waals surface area contributed by atoms with Crippen LogP contribution in [0.25, 0.3) is 0 Å². The summed E-state index contributed by atoms with van der Waals surface area (Å²) >= 11 is 0. The van der Waals surface area contributed by atoms with E-state index in [0.717, 1.165) is 27.8 Å². The van der Waals surface area contributed by atoms with E-state index >= 15 is 0 Å². The first kappa shape index (κ1) is 21.9. The van der Waals surface area contributed by atoms with E-state index in [1.807, 2.05) is 51.1 Å². The number of rotatable bonds is 9. The molecule has 2 aromatic carbocycles. The third-order valence-electron chi connectivity index (χ3n) is 4.55. The molecular formula is C24H30O4. The van der Waals surface area contributed by atoms with Gasteiger partial charge in [0, 0.05) is 12.8 Å². The number of aliphatic hydroxyl groups excluding tert-OH is 2. The Hall–Kier alpha value is -2.36. The second-order valence-electron chi connectivity index (χ2n) is 7.24. The van der Waals surface area contributed by atoms with Gasteiger partial charge in [-0.05, 0) is 66.8 Å². The molecule has 0 heterocycles. The van der Waals surface area contributed by atoms with E-state index in [1.165, 1.54) is 0 Å². The molecule has 0 aliphatic rings. The molecule has 28 heavy (non-hydrogen) atoms. The fourth-order valence-corrected chi connectivity index (χ4v) is 3.02. The summed E-state index contributed by atoms with van der Waals surface area (Å²) in [4.78, 5) is 0. The van der Waals surface area contributed by atoms with Crippen molar-refractivity contribution in [3.8, 4) is 5.75 Å². The van der Waals surface area contributed by atoms with Crippen LogP contribution < -0.4 is 0 Å². The van der Waals surface area contributed by atoms with Gasteiger partial charge in [-0.25, -0.2) is 0 Å². The van der Waals surface area contributed by atoms with Gasteiger partial charge in [-0.1, -0.05) is 30.3 Å². The zero-order chi connectivity index (χ0) is 20.5. The normalized spacial score (nSPS) is 12.9. The lowest BCUT2D eigenvalue weighted by Crippen LogP contribution is -2.15. The summed E-state index contributed by atoms with van der Waals surface area (Å²) in [6, 6.07) is 13.4. The lowest BCUT2D eigenvalue weighted by molar-refractivity contribution is 0.0289. The van der Waals surface area contributed by atoms with Gasteiger partial charge in [0.15, 0.2) is 0 Å². The lowest BCUT2D eigenvalue weighted by atomic mass is 10.00. The first-order valence-electron chi connectivity index (χ1n) is 9.55. The van der Waals surface area contributed by atoms with Gasteiger partial charge in [-0.15, -0.1) is 5.73 Å². The van der Waals surface area contributed by atoms with Crippen molar-refractivity contribution in [1.29, 1.82) is 0 Å². The minimum absolute atomic E-state index is 0.266. The molecule has 0 amide bonds. The molecule has 2 atom stereocenters. The second-order valence-corrected chi connectivity index (χ2v) is 7.24. The molecule has 0 spiro atoms. The zero-order valence-corrected chi connectivity index (χ0v) is 16.9. The van der Waals surface area contributed by atoms with Crippen LogP contribution in [0.2, 0.25) is 0 Å². The quantitative estimate of drug-likeness (QED) is 0.559. The third kappa shape index (κ3) is 6.99. The van der Waals surface area contributed by atoms with Crippen molar-refractivity contribution in [1.82, 2.24) is 0 Å². The van der Waals surface area contributed by atoms with Gasteiger partial charge < -0.3 is 20.1 Å². The van der Waals surface area contributed by atoms with Crippen molar-refractivity contribution in [2.45, 2.75) is 52.4 Å². The number of ether oxygens (including phenoxy) is 1. The molecule has 0 aliphatic carbocycles. The molecule has 0 radical (unpaired) electrons. The van der Waals surface area contributed by atoms with Crippen LogP contribution in [0.5, 0.6) is 5.75 Å². The molecule has 0 unspecified atom stereocenters. The van der Waals surface area contributed by atoms with Gasteiger partial charge in [0.25, 0.3) is 0 Å². The Balaban J connectivity index is 1.80. The summed E-state index contributed by atoms with van der Waals surface area (Å²) in [5.41, 5.74) is 7.39. The molecule has 4 heteroatoms. The number of hydrogen-bond acceptors (Lipinski definition) is 4. The van der Waals surface area contributed by atoms with E-state index in [2.05, 4.69) is 5.73 Å². The van der Waals surface area contributed by atoms with E-state index in [4.69, 9.17) is 4.74 Å². The number of hydrogen-bond donors (Lipinski definition) is 3. The number of phenolic OH excluding ortho intramolecular Hbond substituents is 1. The summed E-state index contributed by atoms with van der Waals surface area (Å²) in [7, 11) is 0. The van der Waals surface area contributed by atoms with E-state index in [-0.39, 0.29) is 12.4 Å². The highest BCUT2D eigenvalue weighted by Crippen LogP contribution is 2.27. The Morgan fingerprint density at radius 1 is 1.11 bits per heavy atom. The number of benzene rings is 2. The Morgan fingerprint density at radius 2 is 1.75 bits per heavy atom. The molecule has 0 saturated carbocycles. The third-order valence-corrected chi connectivity index (χ3v) is 4.55. The average molecular weight is 383 g/mol. The van der Waals surface area contributed by atoms with Crippen LogP contribution in [-0.4, -0.2) is 28.0 Å². The minimum atomic E-state index is -0.655. The fraction of sp³-hybridized carbons (Fsp3) is 0.375. The van der Waals surface area contributed by atoms with Gasteiger partial charge in [0.05, 0.1) is 25.4 Å². The van der Waals surface area contributed by atoms with Crippen LogP contribution in [0.4, 0.5) is 0 Å². The van der Waals surface area contributed by atoms with Crippen LogP contribution in [0, 0.1) is 13.8 Å². The van der Waals surface area contributed by atoms with Crippen molar-refractivity contribution >= 4 is 0 Å². The van der Waals surface area contributed by atoms with Gasteiger partial charge >= 0.3 is 0 Å². The second kappa shape index (κ2) is 10.8. The summed E-state index contributed by atoms with van der Waals surface area (Å²) in [6.45, 7) is 6.29. The van der Waals surface area contributed by atoms with E-state index < -0.39 is 12.2 Å². The van der Waals surface area contributed by atoms with Crippen molar-refractivity contribution < 1.29 is 20.1 Å². The van der Waals surface area contributed by atoms with Gasteiger partial charge in [-0.3, -0.25) is 0 Å². The lowest BCUT2D eigenvalue weighted by Gasteiger charge is -2.12. The molecule has 0 bridgehead atoms. The highest BCUT2D eigenvalue weighted by atomic mass is 16.5. The van der Waals surface area contributed by atoms with Gasteiger partial charge in [0.2, 0.25) is 0 Å². The topological polar surface area (TPSA) is 69.9 Å². The molecule has 0 aromatic heterocycles. The predicted octanol–water partition coefficient (Wildman–Crippen LogP) is 4.50. The Bertz CT molecular complexity index is 797. The SMILES string of the molecule is CC(=C=CC[C@@H](O)c1cc(C)c(O)c(C)c1)C[C@@H](O)COCc1ccccc1. The maximum atomic E-state index is 10.3. The van der Waals surface area contributed by atoms with Crippen molar-refractivity contribution in [3.05, 3.63) is 82.1 Å². The number of aromatic hydroxyl groups is 1. The number of phenols is 1. The maximum absolute atomic E-state index is 10.3. The predicted molar refractivity (Wildman–Crippen MR) is 111 cm³/mol. The maximum Gasteiger partial charge on any atom is 0.121 e. The molecule has 0 aliphatic heterocycles. The number of aryl methyl sites for hydroxylation is 2. The Kier molecular flexibility index (Phi) is 8.49. The molecule has 0 saturated heterocycles. The van der Waals surface area contributed by atoms with Crippen LogP contribution >= 0.6 is 0 Å². The zero-order valence-electron chi connectivity index (χ0n) is 16.9. The Labute approximate surface area is 167 Å². The largest absolute Gasteiger partial charge is 0.507 e. The first-order valence-corrected chi connectivity index (χ1v) is 9.55. The van der Waals surface area contributed by atoms with Crippen LogP contribution in [0.1, 0.15) is 48.1 Å². The fourth-order valence-electron chi connectivity index (χ4n) is 3.02. The van der Waals surface area contributed by atoms with Crippen molar-refractivity contribution in [3.63, 3.8) is 0 Å². The van der Waals surface area contributed by atoms with E-state index in [0.29, 0.717) is 19.4 Å². The highest BCUT2D eigenvalue weighted by molar-refractivity contribution is 5.42. The molecule has 2 aromatic rings. The van der Waals surface area contributed by atoms with E-state index in [9.17, 15) is 15.3 Å². The minimum Gasteiger partial charge on any atom is -0.507 e. The first-order chi connectivity index (χ1) is 13.4. The molecule has 3 N–H and O–H groups in total. The molecule has 0 fully saturated rings. The van der Waals surface area contributed by atoms with Crippen LogP contribution in [0.15, 0.2) is 59.8 Å². The summed E-state index contributed by atoms with van der Waals surface area (Å²) in [6.07, 6.45) is 1.43.